The zero-order chi connectivity index (χ0) is 17.0. The number of nitrogens with one attached hydrogen (secondary N) is 1. The van der Waals surface area contributed by atoms with E-state index in [1.54, 1.807) is 0 Å². The second kappa shape index (κ2) is 6.99. The van der Waals surface area contributed by atoms with Crippen molar-refractivity contribution in [3.63, 3.8) is 0 Å². The summed E-state index contributed by atoms with van der Waals surface area (Å²) in [6.45, 7) is 0. The SMILES string of the molecule is O=C1CCC[C@@H]([C@H](NC(=O)c2cccc([N+](=O)[O-])c2)C(=O)O)C1. The Morgan fingerprint density at radius 2 is 2.13 bits per heavy atom. The lowest BCUT2D eigenvalue weighted by Gasteiger charge is -2.27. The highest BCUT2D eigenvalue weighted by atomic mass is 16.6. The van der Waals surface area contributed by atoms with Crippen molar-refractivity contribution in [2.45, 2.75) is 31.7 Å². The number of Topliss-reactive ketones (excluding diaryl/α,β-unsaturated/α-hetero) is 1. The van der Waals surface area contributed by atoms with E-state index in [-0.39, 0.29) is 23.5 Å². The number of carboxylic acids is 1. The summed E-state index contributed by atoms with van der Waals surface area (Å²) in [5.74, 6) is -2.41. The monoisotopic (exact) mass is 320 g/mol. The number of carboxylic acid groups (broad SMARTS) is 1. The highest BCUT2D eigenvalue weighted by Crippen LogP contribution is 2.25. The van der Waals surface area contributed by atoms with E-state index in [0.717, 1.165) is 6.07 Å². The van der Waals surface area contributed by atoms with E-state index in [2.05, 4.69) is 5.32 Å². The summed E-state index contributed by atoms with van der Waals surface area (Å²) < 4.78 is 0. The molecule has 1 aromatic carbocycles. The molecule has 1 aliphatic carbocycles. The van der Waals surface area contributed by atoms with E-state index in [1.807, 2.05) is 0 Å². The van der Waals surface area contributed by atoms with Gasteiger partial charge >= 0.3 is 5.97 Å². The highest BCUT2D eigenvalue weighted by molar-refractivity contribution is 5.97. The Hall–Kier alpha value is -2.77. The van der Waals surface area contributed by atoms with Crippen molar-refractivity contribution >= 4 is 23.3 Å². The van der Waals surface area contributed by atoms with Crippen LogP contribution in [0.3, 0.4) is 0 Å². The largest absolute Gasteiger partial charge is 0.480 e. The molecule has 0 bridgehead atoms. The van der Waals surface area contributed by atoms with Gasteiger partial charge in [-0.25, -0.2) is 4.79 Å². The number of benzene rings is 1. The first-order valence-corrected chi connectivity index (χ1v) is 7.18. The number of carbonyl (C=O) groups excluding carboxylic acids is 2. The molecule has 8 nitrogen and oxygen atoms in total. The van der Waals surface area contributed by atoms with Gasteiger partial charge in [-0.1, -0.05) is 6.07 Å². The molecule has 23 heavy (non-hydrogen) atoms. The molecule has 0 aliphatic heterocycles. The molecule has 1 amide bonds. The van der Waals surface area contributed by atoms with E-state index in [4.69, 9.17) is 0 Å². The van der Waals surface area contributed by atoms with Crippen LogP contribution >= 0.6 is 0 Å². The molecule has 1 saturated carbocycles. The molecule has 8 heteroatoms. The summed E-state index contributed by atoms with van der Waals surface area (Å²) in [6.07, 6.45) is 1.69. The molecule has 0 spiro atoms. The molecule has 1 aliphatic rings. The third-order valence-electron chi connectivity index (χ3n) is 3.86. The minimum Gasteiger partial charge on any atom is -0.480 e. The van der Waals surface area contributed by atoms with Crippen LogP contribution in [0.4, 0.5) is 5.69 Å². The van der Waals surface area contributed by atoms with Gasteiger partial charge in [0.25, 0.3) is 11.6 Å². The topological polar surface area (TPSA) is 127 Å². The maximum Gasteiger partial charge on any atom is 0.326 e. The van der Waals surface area contributed by atoms with Gasteiger partial charge < -0.3 is 10.4 Å². The summed E-state index contributed by atoms with van der Waals surface area (Å²) in [5, 5.41) is 22.4. The number of amides is 1. The van der Waals surface area contributed by atoms with Crippen LogP contribution in [0.1, 0.15) is 36.0 Å². The van der Waals surface area contributed by atoms with Crippen LogP contribution in [0.2, 0.25) is 0 Å². The fourth-order valence-electron chi connectivity index (χ4n) is 2.71. The first kappa shape index (κ1) is 16.6. The van der Waals surface area contributed by atoms with Gasteiger partial charge in [0.2, 0.25) is 0 Å². The standard InChI is InChI=1S/C15H16N2O6/c18-12-6-2-3-9(8-12)13(15(20)21)16-14(19)10-4-1-5-11(7-10)17(22)23/h1,4-5,7,9,13H,2-3,6,8H2,(H,16,19)(H,20,21)/t9-,13+/m1/s1. The van der Waals surface area contributed by atoms with Crippen molar-refractivity contribution in [3.8, 4) is 0 Å². The van der Waals surface area contributed by atoms with Crippen molar-refractivity contribution in [1.82, 2.24) is 5.32 Å². The van der Waals surface area contributed by atoms with Crippen molar-refractivity contribution in [2.24, 2.45) is 5.92 Å². The second-order valence-corrected chi connectivity index (χ2v) is 5.49. The number of hydrogen-bond donors (Lipinski definition) is 2. The fraction of sp³-hybridized carbons (Fsp3) is 0.400. The molecule has 1 fully saturated rings. The van der Waals surface area contributed by atoms with Gasteiger partial charge in [0, 0.05) is 30.5 Å². The maximum absolute atomic E-state index is 12.2. The van der Waals surface area contributed by atoms with Crippen molar-refractivity contribution < 1.29 is 24.4 Å². The molecule has 0 unspecified atom stereocenters. The number of nitro groups is 1. The van der Waals surface area contributed by atoms with Gasteiger partial charge in [-0.3, -0.25) is 19.7 Å². The van der Waals surface area contributed by atoms with Crippen LogP contribution in [0.15, 0.2) is 24.3 Å². The molecule has 122 valence electrons. The summed E-state index contributed by atoms with van der Waals surface area (Å²) in [6, 6.07) is 3.86. The zero-order valence-electron chi connectivity index (χ0n) is 12.2. The number of rotatable bonds is 5. The molecule has 1 aromatic rings. The number of nitro benzene ring substituents is 1. The van der Waals surface area contributed by atoms with Gasteiger partial charge in [-0.05, 0) is 24.8 Å². The summed E-state index contributed by atoms with van der Waals surface area (Å²) in [5.41, 5.74) is -0.245. The van der Waals surface area contributed by atoms with Crippen LogP contribution in [-0.4, -0.2) is 33.7 Å². The van der Waals surface area contributed by atoms with E-state index in [1.165, 1.54) is 18.2 Å². The van der Waals surface area contributed by atoms with Gasteiger partial charge in [0.1, 0.15) is 11.8 Å². The predicted molar refractivity (Wildman–Crippen MR) is 79.0 cm³/mol. The lowest BCUT2D eigenvalue weighted by Crippen LogP contribution is -2.47. The number of aliphatic carboxylic acids is 1. The van der Waals surface area contributed by atoms with Crippen LogP contribution in [0.5, 0.6) is 0 Å². The van der Waals surface area contributed by atoms with Crippen LogP contribution in [0, 0.1) is 16.0 Å². The maximum atomic E-state index is 12.2. The minimum atomic E-state index is -1.22. The van der Waals surface area contributed by atoms with Crippen LogP contribution in [-0.2, 0) is 9.59 Å². The van der Waals surface area contributed by atoms with Gasteiger partial charge in [-0.2, -0.15) is 0 Å². The third-order valence-corrected chi connectivity index (χ3v) is 3.86. The van der Waals surface area contributed by atoms with Gasteiger partial charge in [-0.15, -0.1) is 0 Å². The van der Waals surface area contributed by atoms with Crippen molar-refractivity contribution in [3.05, 3.63) is 39.9 Å². The Morgan fingerprint density at radius 3 is 2.74 bits per heavy atom. The summed E-state index contributed by atoms with van der Waals surface area (Å²) >= 11 is 0. The zero-order valence-corrected chi connectivity index (χ0v) is 12.2. The Balaban J connectivity index is 2.15. The molecule has 2 rings (SSSR count). The molecule has 0 radical (unpaired) electrons. The lowest BCUT2D eigenvalue weighted by molar-refractivity contribution is -0.384. The average Bonchev–Trinajstić information content (AvgIpc) is 2.52. The first-order chi connectivity index (χ1) is 10.9. The number of non-ortho nitro benzene ring substituents is 1. The molecule has 0 aromatic heterocycles. The third kappa shape index (κ3) is 4.12. The number of hydrogen-bond acceptors (Lipinski definition) is 5. The molecule has 2 atom stereocenters. The smallest absolute Gasteiger partial charge is 0.326 e. The number of carbonyl (C=O) groups is 3. The van der Waals surface area contributed by atoms with Gasteiger partial charge in [0.05, 0.1) is 4.92 Å². The quantitative estimate of drug-likeness (QED) is 0.626. The summed E-state index contributed by atoms with van der Waals surface area (Å²) in [7, 11) is 0. The molecule has 0 heterocycles. The van der Waals surface area contributed by atoms with Crippen molar-refractivity contribution in [1.29, 1.82) is 0 Å². The van der Waals surface area contributed by atoms with Crippen molar-refractivity contribution in [2.75, 3.05) is 0 Å². The second-order valence-electron chi connectivity index (χ2n) is 5.49. The summed E-state index contributed by atoms with van der Waals surface area (Å²) in [4.78, 5) is 45.2. The average molecular weight is 320 g/mol. The van der Waals surface area contributed by atoms with E-state index in [0.29, 0.717) is 19.3 Å². The Kier molecular flexibility index (Phi) is 5.05. The molecular weight excluding hydrogens is 304 g/mol. The Bertz CT molecular complexity index is 657. The Morgan fingerprint density at radius 1 is 1.39 bits per heavy atom. The minimum absolute atomic E-state index is 0.00702. The van der Waals surface area contributed by atoms with E-state index < -0.39 is 28.8 Å². The fourth-order valence-corrected chi connectivity index (χ4v) is 2.71. The van der Waals surface area contributed by atoms with Crippen LogP contribution in [0.25, 0.3) is 0 Å². The highest BCUT2D eigenvalue weighted by Gasteiger charge is 2.33. The molecular formula is C15H16N2O6. The Labute approximate surface area is 131 Å². The lowest BCUT2D eigenvalue weighted by atomic mass is 9.83. The number of nitrogens with zero attached hydrogens (tertiary/aromatic N) is 1. The van der Waals surface area contributed by atoms with Gasteiger partial charge in [0.15, 0.2) is 0 Å². The molecule has 0 saturated heterocycles. The first-order valence-electron chi connectivity index (χ1n) is 7.18. The van der Waals surface area contributed by atoms with Crippen LogP contribution < -0.4 is 5.32 Å². The molecule has 2 N–H and O–H groups in total. The number of ketones is 1. The van der Waals surface area contributed by atoms with E-state index >= 15 is 0 Å². The van der Waals surface area contributed by atoms with E-state index in [9.17, 15) is 29.6 Å². The predicted octanol–water partition coefficient (Wildman–Crippen LogP) is 1.54. The normalized spacial score (nSPS) is 19.0.